The van der Waals surface area contributed by atoms with E-state index in [1.165, 1.54) is 23.2 Å². The van der Waals surface area contributed by atoms with Crippen molar-refractivity contribution in [3.8, 4) is 0 Å². The summed E-state index contributed by atoms with van der Waals surface area (Å²) in [5.41, 5.74) is 0.792. The maximum atomic E-state index is 12.9. The van der Waals surface area contributed by atoms with Crippen LogP contribution in [0.4, 0.5) is 9.18 Å². The first-order chi connectivity index (χ1) is 12.4. The first kappa shape index (κ1) is 19.7. The Balaban J connectivity index is 1.95. The normalized spacial score (nSPS) is 18.1. The maximum absolute atomic E-state index is 12.9. The van der Waals surface area contributed by atoms with Gasteiger partial charge in [-0.25, -0.2) is 9.18 Å². The molecule has 8 heteroatoms. The lowest BCUT2D eigenvalue weighted by molar-refractivity contribution is -0.858. The minimum atomic E-state index is -1.09. The van der Waals surface area contributed by atoms with Gasteiger partial charge in [-0.3, -0.25) is 24.8 Å². The molecule has 0 aromatic heterocycles. The number of benzene rings is 1. The molecule has 2 N–H and O–H groups in total. The fourth-order valence-electron chi connectivity index (χ4n) is 2.57. The number of hydrogen-bond acceptors (Lipinski definition) is 4. The van der Waals surface area contributed by atoms with E-state index in [1.807, 2.05) is 14.1 Å². The van der Waals surface area contributed by atoms with Crippen molar-refractivity contribution in [3.63, 3.8) is 0 Å². The molecule has 140 valence electrons. The van der Waals surface area contributed by atoms with Crippen molar-refractivity contribution >= 4 is 24.1 Å². The molecule has 1 saturated heterocycles. The lowest BCUT2D eigenvalue weighted by atomic mass is 10.1. The van der Waals surface area contributed by atoms with Gasteiger partial charge >= 0.3 is 6.03 Å². The van der Waals surface area contributed by atoms with Crippen LogP contribution in [0.1, 0.15) is 12.0 Å². The first-order valence-corrected chi connectivity index (χ1v) is 8.58. The highest BCUT2D eigenvalue weighted by Crippen LogP contribution is 2.11. The predicted octanol–water partition coefficient (Wildman–Crippen LogP) is -0.332. The van der Waals surface area contributed by atoms with Gasteiger partial charge in [0.2, 0.25) is 11.8 Å². The van der Waals surface area contributed by atoms with E-state index in [9.17, 15) is 18.8 Å². The molecule has 1 atom stereocenters. The van der Waals surface area contributed by atoms with Crippen LogP contribution in [0.3, 0.4) is 0 Å². The van der Waals surface area contributed by atoms with Crippen LogP contribution in [-0.2, 0) is 16.0 Å². The zero-order chi connectivity index (χ0) is 19.1. The number of urea groups is 1. The second-order valence-electron chi connectivity index (χ2n) is 6.50. The van der Waals surface area contributed by atoms with Crippen molar-refractivity contribution in [1.82, 2.24) is 10.2 Å². The number of nitrogens with one attached hydrogen (secondary N) is 2. The number of carbonyl (C=O) groups is 3. The summed E-state index contributed by atoms with van der Waals surface area (Å²) in [5.74, 6) is -2.67. The molecule has 1 heterocycles. The lowest BCUT2D eigenvalue weighted by Gasteiger charge is -2.28. The topological polar surface area (TPSA) is 83.3 Å². The average molecular weight is 363 g/mol. The van der Waals surface area contributed by atoms with Crippen molar-refractivity contribution in [2.75, 3.05) is 33.7 Å². The largest absolute Gasteiger partial charge is 0.340 e. The predicted molar refractivity (Wildman–Crippen MR) is 94.5 cm³/mol. The van der Waals surface area contributed by atoms with Gasteiger partial charge in [-0.15, -0.1) is 0 Å². The fraction of sp³-hybridized carbons (Fsp3) is 0.444. The molecule has 7 nitrogen and oxygen atoms in total. The molecule has 26 heavy (non-hydrogen) atoms. The van der Waals surface area contributed by atoms with E-state index < -0.39 is 23.8 Å². The number of barbiturate groups is 1. The minimum Gasteiger partial charge on any atom is -0.340 e. The molecule has 1 aromatic rings. The number of amides is 4. The molecule has 0 saturated carbocycles. The molecule has 1 unspecified atom stereocenters. The number of aliphatic imine (C=N–C) groups is 1. The molecular formula is C18H24FN4O3+. The molecule has 1 fully saturated rings. The van der Waals surface area contributed by atoms with E-state index in [1.54, 1.807) is 12.1 Å². The van der Waals surface area contributed by atoms with E-state index >= 15 is 0 Å². The van der Waals surface area contributed by atoms with E-state index in [2.05, 4.69) is 10.3 Å². The van der Waals surface area contributed by atoms with Crippen LogP contribution in [0.2, 0.25) is 0 Å². The van der Waals surface area contributed by atoms with Crippen LogP contribution in [-0.4, -0.2) is 62.7 Å². The molecule has 0 radical (unpaired) electrons. The number of carbonyl (C=O) groups excluding carboxylic acids is 3. The highest BCUT2D eigenvalue weighted by molar-refractivity contribution is 6.23. The third-order valence-electron chi connectivity index (χ3n) is 4.05. The Labute approximate surface area is 151 Å². The fourth-order valence-corrected chi connectivity index (χ4v) is 2.57. The van der Waals surface area contributed by atoms with E-state index in [0.29, 0.717) is 13.0 Å². The number of hydrogen-bond donors (Lipinski definition) is 2. The minimum absolute atomic E-state index is 0.109. The number of halogens is 1. The molecule has 0 bridgehead atoms. The average Bonchev–Trinajstić information content (AvgIpc) is 2.58. The lowest BCUT2D eigenvalue weighted by Crippen LogP contribution is -3.05. The quantitative estimate of drug-likeness (QED) is 0.377. The van der Waals surface area contributed by atoms with Gasteiger partial charge in [0.25, 0.3) is 0 Å². The Morgan fingerprint density at radius 1 is 1.23 bits per heavy atom. The number of nitrogens with zero attached hydrogens (tertiary/aromatic N) is 2. The van der Waals surface area contributed by atoms with E-state index in [0.717, 1.165) is 23.4 Å². The Bertz CT molecular complexity index is 688. The number of quaternary nitrogens is 1. The van der Waals surface area contributed by atoms with Crippen LogP contribution in [0, 0.1) is 11.7 Å². The van der Waals surface area contributed by atoms with Crippen molar-refractivity contribution < 1.29 is 23.7 Å². The SMILES string of the molecule is C[NH+](C)CCCN=CC1C(=O)NC(=O)N(CCc2ccc(F)cc2)C1=O. The third-order valence-corrected chi connectivity index (χ3v) is 4.05. The van der Waals surface area contributed by atoms with Crippen LogP contribution >= 0.6 is 0 Å². The zero-order valence-corrected chi connectivity index (χ0v) is 15.0. The van der Waals surface area contributed by atoms with E-state index in [4.69, 9.17) is 0 Å². The molecule has 1 aliphatic rings. The van der Waals surface area contributed by atoms with Crippen LogP contribution in [0.5, 0.6) is 0 Å². The van der Waals surface area contributed by atoms with Gasteiger partial charge in [-0.05, 0) is 24.1 Å². The van der Waals surface area contributed by atoms with E-state index in [-0.39, 0.29) is 12.4 Å². The van der Waals surface area contributed by atoms with Gasteiger partial charge in [0, 0.05) is 25.7 Å². The molecule has 2 rings (SSSR count). The third kappa shape index (κ3) is 5.45. The van der Waals surface area contributed by atoms with Crippen molar-refractivity contribution in [2.24, 2.45) is 10.9 Å². The zero-order valence-electron chi connectivity index (χ0n) is 15.0. The highest BCUT2D eigenvalue weighted by Gasteiger charge is 2.39. The molecular weight excluding hydrogens is 339 g/mol. The van der Waals surface area contributed by atoms with Crippen molar-refractivity contribution in [3.05, 3.63) is 35.6 Å². The standard InChI is InChI=1S/C18H23FN4O3/c1-22(2)10-3-9-20-12-15-16(24)21-18(26)23(17(15)25)11-8-13-4-6-14(19)7-5-13/h4-7,12,15H,3,8-11H2,1-2H3,(H,21,24,26)/p+1. The summed E-state index contributed by atoms with van der Waals surface area (Å²) < 4.78 is 12.9. The van der Waals surface area contributed by atoms with Crippen LogP contribution < -0.4 is 10.2 Å². The molecule has 1 aromatic carbocycles. The van der Waals surface area contributed by atoms with Gasteiger partial charge < -0.3 is 4.90 Å². The van der Waals surface area contributed by atoms with Crippen LogP contribution in [0.25, 0.3) is 0 Å². The van der Waals surface area contributed by atoms with Gasteiger partial charge in [-0.1, -0.05) is 12.1 Å². The van der Waals surface area contributed by atoms with Gasteiger partial charge in [-0.2, -0.15) is 0 Å². The summed E-state index contributed by atoms with van der Waals surface area (Å²) in [6, 6.07) is 5.10. The summed E-state index contributed by atoms with van der Waals surface area (Å²) >= 11 is 0. The summed E-state index contributed by atoms with van der Waals surface area (Å²) in [5, 5.41) is 2.19. The van der Waals surface area contributed by atoms with Gasteiger partial charge in [0.1, 0.15) is 5.82 Å². The van der Waals surface area contributed by atoms with Crippen LogP contribution in [0.15, 0.2) is 29.3 Å². The molecule has 1 aliphatic heterocycles. The number of rotatable bonds is 8. The summed E-state index contributed by atoms with van der Waals surface area (Å²) in [6.07, 6.45) is 2.54. The smallest absolute Gasteiger partial charge is 0.330 e. The summed E-state index contributed by atoms with van der Waals surface area (Å²) in [7, 11) is 4.07. The second kappa shape index (κ2) is 9.19. The first-order valence-electron chi connectivity index (χ1n) is 8.58. The maximum Gasteiger partial charge on any atom is 0.330 e. The number of imide groups is 2. The molecule has 4 amide bonds. The Kier molecular flexibility index (Phi) is 6.97. The van der Waals surface area contributed by atoms with Gasteiger partial charge in [0.05, 0.1) is 20.6 Å². The molecule has 0 aliphatic carbocycles. The summed E-state index contributed by atoms with van der Waals surface area (Å²) in [4.78, 5) is 42.8. The highest BCUT2D eigenvalue weighted by atomic mass is 19.1. The Hall–Kier alpha value is -2.61. The Morgan fingerprint density at radius 2 is 1.92 bits per heavy atom. The van der Waals surface area contributed by atoms with Gasteiger partial charge in [0.15, 0.2) is 5.92 Å². The summed E-state index contributed by atoms with van der Waals surface area (Å²) in [6.45, 7) is 1.56. The van der Waals surface area contributed by atoms with Crippen molar-refractivity contribution in [2.45, 2.75) is 12.8 Å². The molecule has 0 spiro atoms. The van der Waals surface area contributed by atoms with Crippen molar-refractivity contribution in [1.29, 1.82) is 0 Å². The second-order valence-corrected chi connectivity index (χ2v) is 6.50. The Morgan fingerprint density at radius 3 is 2.58 bits per heavy atom. The monoisotopic (exact) mass is 363 g/mol.